The van der Waals surface area contributed by atoms with Crippen LogP contribution in [0.15, 0.2) is 47.2 Å². The first-order valence-electron chi connectivity index (χ1n) is 15.2. The van der Waals surface area contributed by atoms with Crippen molar-refractivity contribution in [3.63, 3.8) is 0 Å². The number of halogens is 3. The summed E-state index contributed by atoms with van der Waals surface area (Å²) in [6.07, 6.45) is 1.83. The second-order valence-electron chi connectivity index (χ2n) is 11.6. The number of quaternary nitrogens is 1. The topological polar surface area (TPSA) is 192 Å². The molecule has 0 spiro atoms. The van der Waals surface area contributed by atoms with E-state index in [1.807, 2.05) is 6.92 Å². The van der Waals surface area contributed by atoms with Crippen molar-refractivity contribution < 1.29 is 64.0 Å². The largest absolute Gasteiger partial charge is 0.528 e. The molecular weight excluding hydrogens is 713 g/mol. The highest BCUT2D eigenvalue weighted by Crippen LogP contribution is 2.45. The van der Waals surface area contributed by atoms with Crippen LogP contribution in [0, 0.1) is 11.8 Å². The Hall–Kier alpha value is -4.34. The van der Waals surface area contributed by atoms with Crippen LogP contribution >= 0.6 is 11.3 Å². The lowest BCUT2D eigenvalue weighted by molar-refractivity contribution is -1.06. The summed E-state index contributed by atoms with van der Waals surface area (Å²) >= 11 is 0.937. The van der Waals surface area contributed by atoms with Crippen LogP contribution in [0.2, 0.25) is 0 Å². The molecule has 21 heteroatoms. The van der Waals surface area contributed by atoms with Crippen molar-refractivity contribution in [1.82, 2.24) is 15.2 Å². The molecule has 4 heterocycles. The minimum atomic E-state index is -6.17. The van der Waals surface area contributed by atoms with Gasteiger partial charge in [0.15, 0.2) is 22.2 Å². The molecule has 1 aromatic rings. The van der Waals surface area contributed by atoms with Crippen LogP contribution in [-0.4, -0.2) is 104 Å². The fourth-order valence-corrected chi connectivity index (χ4v) is 7.22. The Morgan fingerprint density at radius 2 is 1.84 bits per heavy atom. The molecule has 2 saturated heterocycles. The third kappa shape index (κ3) is 7.84. The van der Waals surface area contributed by atoms with E-state index in [2.05, 4.69) is 33.9 Å². The molecule has 50 heavy (non-hydrogen) atoms. The van der Waals surface area contributed by atoms with Gasteiger partial charge in [-0.2, -0.15) is 21.6 Å². The summed E-state index contributed by atoms with van der Waals surface area (Å²) in [5.41, 5.74) is -6.80. The van der Waals surface area contributed by atoms with Gasteiger partial charge in [-0.05, 0) is 12.3 Å². The fraction of sp³-hybridized carbons (Fsp3) is 0.517. The molecule has 2 fully saturated rings. The molecule has 5 unspecified atom stereocenters. The third-order valence-corrected chi connectivity index (χ3v) is 10.2. The number of carbonyl (C=O) groups excluding carboxylic acids is 4. The number of ether oxygens (including phenoxy) is 2. The molecule has 3 aliphatic heterocycles. The summed E-state index contributed by atoms with van der Waals surface area (Å²) in [5, 5.41) is 10.1. The van der Waals surface area contributed by atoms with Gasteiger partial charge in [-0.15, -0.1) is 16.0 Å². The molecule has 0 bridgehead atoms. The molecule has 0 radical (unpaired) electrons. The number of fused-ring (bicyclic) bond motifs is 1. The van der Waals surface area contributed by atoms with E-state index in [0.717, 1.165) is 23.3 Å². The van der Waals surface area contributed by atoms with E-state index in [-0.39, 0.29) is 79.6 Å². The van der Waals surface area contributed by atoms with Crippen LogP contribution in [0.1, 0.15) is 38.8 Å². The minimum Gasteiger partial charge on any atom is -0.457 e. The highest BCUT2D eigenvalue weighted by molar-refractivity contribution is 7.87. The number of allylic oxidation sites excluding steroid dienone is 1. The summed E-state index contributed by atoms with van der Waals surface area (Å²) in [6.45, 7) is 9.62. The molecular formula is C29H36F3N6O10S2+. The minimum absolute atomic E-state index is 0.00202. The van der Waals surface area contributed by atoms with Crippen LogP contribution in [-0.2, 0) is 43.1 Å². The van der Waals surface area contributed by atoms with Crippen LogP contribution in [0.5, 0.6) is 0 Å². The zero-order valence-electron chi connectivity index (χ0n) is 27.2. The van der Waals surface area contributed by atoms with Gasteiger partial charge < -0.3 is 19.6 Å². The normalized spacial score (nSPS) is 25.5. The number of nitrogens with one attached hydrogen (secondary N) is 2. The molecule has 5 atom stereocenters. The Morgan fingerprint density at radius 1 is 1.16 bits per heavy atom. The molecule has 3 aliphatic rings. The first-order chi connectivity index (χ1) is 23.5. The van der Waals surface area contributed by atoms with Crippen LogP contribution in [0.4, 0.5) is 23.1 Å². The second kappa shape index (κ2) is 15.3. The summed E-state index contributed by atoms with van der Waals surface area (Å²) in [7, 11) is -5.01. The Labute approximate surface area is 289 Å². The lowest BCUT2D eigenvalue weighted by Crippen LogP contribution is -2.73. The van der Waals surface area contributed by atoms with Crippen LogP contribution < -0.4 is 10.6 Å². The number of alkyl halides is 3. The molecule has 4 rings (SSSR count). The van der Waals surface area contributed by atoms with Gasteiger partial charge in [-0.1, -0.05) is 48.6 Å². The monoisotopic (exact) mass is 749 g/mol. The Balaban J connectivity index is 1.66. The summed E-state index contributed by atoms with van der Waals surface area (Å²) in [5.74, 6) is -3.22. The van der Waals surface area contributed by atoms with Crippen molar-refractivity contribution in [1.29, 1.82) is 0 Å². The molecule has 2 N–H and O–H groups in total. The predicted octanol–water partition coefficient (Wildman–Crippen LogP) is 2.93. The van der Waals surface area contributed by atoms with Crippen molar-refractivity contribution in [3.8, 4) is 0 Å². The first-order valence-corrected chi connectivity index (χ1v) is 17.5. The van der Waals surface area contributed by atoms with Gasteiger partial charge in [0.1, 0.15) is 45.1 Å². The smallest absolute Gasteiger partial charge is 0.457 e. The maximum absolute atomic E-state index is 13.7. The zero-order chi connectivity index (χ0) is 37.0. The zero-order valence-corrected chi connectivity index (χ0v) is 28.9. The number of rotatable bonds is 13. The number of hydrogen-bond acceptors (Lipinski definition) is 13. The van der Waals surface area contributed by atoms with E-state index >= 15 is 0 Å². The highest BCUT2D eigenvalue weighted by Gasteiger charge is 2.61. The Bertz CT molecular complexity index is 1710. The number of β-lactam (4-membered cyclic amide) rings is 1. The van der Waals surface area contributed by atoms with Gasteiger partial charge >= 0.3 is 27.7 Å². The number of hydroxylamine groups is 3. The summed E-state index contributed by atoms with van der Waals surface area (Å²) in [6, 6.07) is -2.13. The SMILES string of the molecule is C=CCOC(=O)Nc1nc(C(=NOC)C(=O)NC2C(=O)N3C(C(=O)OCC=C)=C([N+]4(OS(=O)(=O)C(F)(F)F)CCC(C)C(C)C4)CCC23)cs1. The molecule has 1 aromatic heterocycles. The number of likely N-dealkylation sites (tertiary alicyclic amines) is 1. The maximum Gasteiger partial charge on any atom is 0.528 e. The van der Waals surface area contributed by atoms with Gasteiger partial charge in [-0.25, -0.2) is 14.6 Å². The number of aromatic nitrogens is 1. The number of anilines is 1. The van der Waals surface area contributed by atoms with Crippen LogP contribution in [0.3, 0.4) is 0 Å². The Kier molecular flexibility index (Phi) is 11.7. The molecule has 16 nitrogen and oxygen atoms in total. The molecule has 274 valence electrons. The number of thiazole rings is 1. The highest BCUT2D eigenvalue weighted by atomic mass is 32.2. The number of nitrogens with zero attached hydrogens (tertiary/aromatic N) is 4. The van der Waals surface area contributed by atoms with Gasteiger partial charge in [0.25, 0.3) is 11.8 Å². The average molecular weight is 750 g/mol. The predicted molar refractivity (Wildman–Crippen MR) is 170 cm³/mol. The first kappa shape index (κ1) is 38.5. The lowest BCUT2D eigenvalue weighted by Gasteiger charge is -2.52. The number of carbonyl (C=O) groups is 4. The van der Waals surface area contributed by atoms with E-state index in [4.69, 9.17) is 18.6 Å². The van der Waals surface area contributed by atoms with Crippen molar-refractivity contribution in [2.45, 2.75) is 50.7 Å². The number of piperidine rings is 1. The van der Waals surface area contributed by atoms with E-state index in [0.29, 0.717) is 0 Å². The van der Waals surface area contributed by atoms with Gasteiger partial charge in [-0.3, -0.25) is 19.8 Å². The maximum atomic E-state index is 13.7. The average Bonchev–Trinajstić information content (AvgIpc) is 3.51. The van der Waals surface area contributed by atoms with E-state index in [9.17, 15) is 40.8 Å². The van der Waals surface area contributed by atoms with Crippen molar-refractivity contribution in [2.75, 3.05) is 38.7 Å². The third-order valence-electron chi connectivity index (χ3n) is 8.43. The lowest BCUT2D eigenvalue weighted by atomic mass is 9.83. The molecule has 0 aliphatic carbocycles. The number of hydrogen-bond donors (Lipinski definition) is 2. The van der Waals surface area contributed by atoms with Gasteiger partial charge in [0.05, 0.1) is 6.04 Å². The Morgan fingerprint density at radius 3 is 2.46 bits per heavy atom. The van der Waals surface area contributed by atoms with E-state index < -0.39 is 61.9 Å². The summed E-state index contributed by atoms with van der Waals surface area (Å²) in [4.78, 5) is 62.4. The van der Waals surface area contributed by atoms with E-state index in [1.165, 1.54) is 17.5 Å². The van der Waals surface area contributed by atoms with Crippen molar-refractivity contribution >= 4 is 56.2 Å². The summed E-state index contributed by atoms with van der Waals surface area (Å²) < 4.78 is 79.7. The molecule has 0 saturated carbocycles. The van der Waals surface area contributed by atoms with E-state index in [1.54, 1.807) is 6.92 Å². The van der Waals surface area contributed by atoms with Crippen molar-refractivity contribution in [3.05, 3.63) is 47.8 Å². The second-order valence-corrected chi connectivity index (χ2v) is 14.0. The van der Waals surface area contributed by atoms with Crippen molar-refractivity contribution in [2.24, 2.45) is 17.0 Å². The molecule has 0 aromatic carbocycles. The fourth-order valence-electron chi connectivity index (χ4n) is 5.86. The number of oxime groups is 1. The van der Waals surface area contributed by atoms with Crippen LogP contribution in [0.25, 0.3) is 0 Å². The van der Waals surface area contributed by atoms with Gasteiger partial charge in [0.2, 0.25) is 0 Å². The number of amides is 3. The number of esters is 1. The standard InChI is InChI=1S/C29H35F3N6O10S2/c1-6-12-46-26(41)23-20(38(11-10-16(3)17(4)14-38)48-50(43,44)29(30,31)32)9-8-19-22(25(40)37(19)23)34-24(39)21(36-45-5)18-15-49-27(33-18)35-28(42)47-13-7-2/h6-7,15-17,19,22H,1-2,8-14H2,3-5H3,(H-,33,34,35,39,42)/p+1. The molecule has 3 amide bonds. The van der Waals surface area contributed by atoms with Gasteiger partial charge in [0, 0.05) is 24.1 Å². The quantitative estimate of drug-likeness (QED) is 0.0573.